The molecule has 2 N–H and O–H groups in total. The van der Waals surface area contributed by atoms with Crippen molar-refractivity contribution < 1.29 is 40.8 Å². The van der Waals surface area contributed by atoms with Gasteiger partial charge in [-0.2, -0.15) is 13.2 Å². The molecule has 3 fully saturated rings. The standard InChI is InChI=1S/C23H33F3N4O6S/c1-3-12-22(2,21(34)28-37(35,36)15-8-9-15)27-20(33)16-6-4-13-29(16)18(31)10-11-19(32)30-14-5-7-17(30)23(24,25)26/h3,15-17H,1,4-14H2,2H3,(H,27,33)(H,28,34)/t16-,17?,22?/m0/s1. The van der Waals surface area contributed by atoms with Crippen LogP contribution < -0.4 is 10.0 Å². The van der Waals surface area contributed by atoms with Crippen molar-refractivity contribution in [2.24, 2.45) is 0 Å². The molecule has 2 aliphatic heterocycles. The summed E-state index contributed by atoms with van der Waals surface area (Å²) in [5.74, 6) is -2.91. The fraction of sp³-hybridized carbons (Fsp3) is 0.739. The van der Waals surface area contributed by atoms with Crippen LogP contribution in [-0.2, 0) is 29.2 Å². The van der Waals surface area contributed by atoms with Gasteiger partial charge in [-0.25, -0.2) is 8.42 Å². The molecule has 0 bridgehead atoms. The van der Waals surface area contributed by atoms with E-state index in [-0.39, 0.29) is 45.2 Å². The van der Waals surface area contributed by atoms with Crippen molar-refractivity contribution >= 4 is 33.7 Å². The molecule has 3 aliphatic rings. The van der Waals surface area contributed by atoms with Crippen LogP contribution in [0.15, 0.2) is 12.7 Å². The van der Waals surface area contributed by atoms with Gasteiger partial charge in [0.1, 0.15) is 17.6 Å². The van der Waals surface area contributed by atoms with E-state index in [0.717, 1.165) is 4.90 Å². The van der Waals surface area contributed by atoms with Crippen LogP contribution >= 0.6 is 0 Å². The molecule has 0 aromatic rings. The Labute approximate surface area is 214 Å². The first-order valence-electron chi connectivity index (χ1n) is 12.3. The van der Waals surface area contributed by atoms with Crippen LogP contribution in [0.2, 0.25) is 0 Å². The molecule has 0 aromatic carbocycles. The molecule has 2 unspecified atom stereocenters. The molecule has 0 radical (unpaired) electrons. The van der Waals surface area contributed by atoms with Crippen molar-refractivity contribution in [1.29, 1.82) is 0 Å². The number of rotatable bonds is 10. The lowest BCUT2D eigenvalue weighted by atomic mass is 9.96. The highest BCUT2D eigenvalue weighted by Crippen LogP contribution is 2.33. The Morgan fingerprint density at radius 2 is 1.54 bits per heavy atom. The highest BCUT2D eigenvalue weighted by Gasteiger charge is 2.48. The maximum absolute atomic E-state index is 13.2. The maximum Gasteiger partial charge on any atom is 0.408 e. The summed E-state index contributed by atoms with van der Waals surface area (Å²) >= 11 is 0. The van der Waals surface area contributed by atoms with E-state index in [0.29, 0.717) is 19.3 Å². The lowest BCUT2D eigenvalue weighted by molar-refractivity contribution is -0.182. The molecule has 1 aliphatic carbocycles. The van der Waals surface area contributed by atoms with E-state index in [1.165, 1.54) is 17.9 Å². The van der Waals surface area contributed by atoms with Crippen molar-refractivity contribution in [3.05, 3.63) is 12.7 Å². The molecule has 3 atom stereocenters. The van der Waals surface area contributed by atoms with Crippen LogP contribution in [-0.4, -0.2) is 84.0 Å². The van der Waals surface area contributed by atoms with E-state index in [1.807, 2.05) is 4.72 Å². The van der Waals surface area contributed by atoms with Gasteiger partial charge in [0.2, 0.25) is 27.7 Å². The topological polar surface area (TPSA) is 133 Å². The molecule has 14 heteroatoms. The van der Waals surface area contributed by atoms with Gasteiger partial charge in [0.25, 0.3) is 5.91 Å². The summed E-state index contributed by atoms with van der Waals surface area (Å²) in [6.07, 6.45) is -2.30. The summed E-state index contributed by atoms with van der Waals surface area (Å²) in [7, 11) is -3.86. The Balaban J connectivity index is 1.61. The minimum absolute atomic E-state index is 0.0215. The van der Waals surface area contributed by atoms with E-state index in [2.05, 4.69) is 11.9 Å². The van der Waals surface area contributed by atoms with E-state index >= 15 is 0 Å². The summed E-state index contributed by atoms with van der Waals surface area (Å²) in [6.45, 7) is 5.11. The first-order chi connectivity index (χ1) is 17.2. The lowest BCUT2D eigenvalue weighted by Gasteiger charge is -2.32. The number of halogens is 3. The summed E-state index contributed by atoms with van der Waals surface area (Å²) in [6, 6.07) is -2.81. The summed E-state index contributed by atoms with van der Waals surface area (Å²) in [5, 5.41) is 1.91. The molecule has 10 nitrogen and oxygen atoms in total. The predicted octanol–water partition coefficient (Wildman–Crippen LogP) is 1.37. The SMILES string of the molecule is C=CCC(C)(NC(=O)[C@@H]1CCCN1C(=O)CCC(=O)N1CCCC1C(F)(F)F)C(=O)NS(=O)(=O)C1CC1. The molecule has 2 heterocycles. The summed E-state index contributed by atoms with van der Waals surface area (Å²) in [4.78, 5) is 53.2. The van der Waals surface area contributed by atoms with E-state index in [9.17, 15) is 40.8 Å². The predicted molar refractivity (Wildman–Crippen MR) is 126 cm³/mol. The number of alkyl halides is 3. The third kappa shape index (κ3) is 6.82. The van der Waals surface area contributed by atoms with Gasteiger partial charge in [-0.15, -0.1) is 6.58 Å². The second-order valence-electron chi connectivity index (χ2n) is 10.0. The summed E-state index contributed by atoms with van der Waals surface area (Å²) < 4.78 is 65.9. The third-order valence-electron chi connectivity index (χ3n) is 7.03. The van der Waals surface area contributed by atoms with Crippen molar-refractivity contribution in [2.75, 3.05) is 13.1 Å². The summed E-state index contributed by atoms with van der Waals surface area (Å²) in [5.41, 5.74) is -1.64. The zero-order valence-corrected chi connectivity index (χ0v) is 21.5. The number of hydrogen-bond donors (Lipinski definition) is 2. The van der Waals surface area contributed by atoms with Crippen LogP contribution in [0, 0.1) is 0 Å². The monoisotopic (exact) mass is 550 g/mol. The number of likely N-dealkylation sites (tertiary alicyclic amines) is 2. The first-order valence-corrected chi connectivity index (χ1v) is 13.9. The Bertz CT molecular complexity index is 1050. The van der Waals surface area contributed by atoms with Gasteiger partial charge >= 0.3 is 6.18 Å². The van der Waals surface area contributed by atoms with Crippen LogP contribution in [0.5, 0.6) is 0 Å². The van der Waals surface area contributed by atoms with Gasteiger partial charge in [-0.3, -0.25) is 23.9 Å². The zero-order chi connectivity index (χ0) is 27.6. The molecular weight excluding hydrogens is 517 g/mol. The molecule has 1 saturated carbocycles. The van der Waals surface area contributed by atoms with Gasteiger partial charge < -0.3 is 15.1 Å². The van der Waals surface area contributed by atoms with Crippen LogP contribution in [0.1, 0.15) is 64.7 Å². The van der Waals surface area contributed by atoms with Gasteiger partial charge in [-0.1, -0.05) is 6.08 Å². The first kappa shape index (κ1) is 28.9. The smallest absolute Gasteiger partial charge is 0.340 e. The molecule has 0 spiro atoms. The van der Waals surface area contributed by atoms with Crippen molar-refractivity contribution in [3.8, 4) is 0 Å². The number of carbonyl (C=O) groups excluding carboxylic acids is 4. The van der Waals surface area contributed by atoms with E-state index in [1.54, 1.807) is 0 Å². The fourth-order valence-corrected chi connectivity index (χ4v) is 6.20. The van der Waals surface area contributed by atoms with Crippen LogP contribution in [0.4, 0.5) is 13.2 Å². The quantitative estimate of drug-likeness (QED) is 0.395. The normalized spacial score (nSPS) is 23.9. The van der Waals surface area contributed by atoms with Crippen molar-refractivity contribution in [2.45, 2.75) is 93.8 Å². The highest BCUT2D eigenvalue weighted by molar-refractivity contribution is 7.90. The minimum Gasteiger partial charge on any atom is -0.340 e. The highest BCUT2D eigenvalue weighted by atomic mass is 32.2. The van der Waals surface area contributed by atoms with Crippen LogP contribution in [0.3, 0.4) is 0 Å². The maximum atomic E-state index is 13.2. The van der Waals surface area contributed by atoms with Gasteiger partial charge in [0.15, 0.2) is 0 Å². The largest absolute Gasteiger partial charge is 0.408 e. The van der Waals surface area contributed by atoms with Gasteiger partial charge in [0, 0.05) is 25.9 Å². The molecule has 4 amide bonds. The average Bonchev–Trinajstić information content (AvgIpc) is 3.34. The van der Waals surface area contributed by atoms with Crippen molar-refractivity contribution in [1.82, 2.24) is 19.8 Å². The van der Waals surface area contributed by atoms with E-state index < -0.39 is 69.1 Å². The molecule has 37 heavy (non-hydrogen) atoms. The second kappa shape index (κ2) is 11.0. The van der Waals surface area contributed by atoms with Gasteiger partial charge in [-0.05, 0) is 51.9 Å². The number of carbonyl (C=O) groups is 4. The van der Waals surface area contributed by atoms with Crippen molar-refractivity contribution in [3.63, 3.8) is 0 Å². The molecule has 3 rings (SSSR count). The Kier molecular flexibility index (Phi) is 8.60. The lowest BCUT2D eigenvalue weighted by Crippen LogP contribution is -2.61. The molecule has 2 saturated heterocycles. The minimum atomic E-state index is -4.53. The second-order valence-corrected chi connectivity index (χ2v) is 12.0. The number of sulfonamides is 1. The number of nitrogens with one attached hydrogen (secondary N) is 2. The number of nitrogens with zero attached hydrogens (tertiary/aromatic N) is 2. The Hall–Kier alpha value is -2.64. The average molecular weight is 551 g/mol. The zero-order valence-electron chi connectivity index (χ0n) is 20.7. The fourth-order valence-electron chi connectivity index (χ4n) is 4.79. The van der Waals surface area contributed by atoms with E-state index in [4.69, 9.17) is 0 Å². The van der Waals surface area contributed by atoms with Crippen LogP contribution in [0.25, 0.3) is 0 Å². The molecular formula is C23H33F3N4O6S. The molecule has 208 valence electrons. The number of hydrogen-bond acceptors (Lipinski definition) is 6. The Morgan fingerprint density at radius 1 is 0.973 bits per heavy atom. The number of amides is 4. The third-order valence-corrected chi connectivity index (χ3v) is 8.85. The Morgan fingerprint density at radius 3 is 2.11 bits per heavy atom. The molecule has 0 aromatic heterocycles. The van der Waals surface area contributed by atoms with Gasteiger partial charge in [0.05, 0.1) is 5.25 Å².